The Morgan fingerprint density at radius 2 is 2.00 bits per heavy atom. The molecule has 2 aliphatic heterocycles. The first-order valence-electron chi connectivity index (χ1n) is 9.78. The Hall–Kier alpha value is -3.13. The molecule has 0 aliphatic carbocycles. The van der Waals surface area contributed by atoms with Gasteiger partial charge in [0.2, 0.25) is 12.7 Å². The molecule has 2 aromatic rings. The van der Waals surface area contributed by atoms with E-state index in [1.54, 1.807) is 42.3 Å². The van der Waals surface area contributed by atoms with Crippen molar-refractivity contribution >= 4 is 11.8 Å². The Bertz CT molecular complexity index is 951. The molecule has 2 heterocycles. The summed E-state index contributed by atoms with van der Waals surface area (Å²) in [6.07, 6.45) is 0. The van der Waals surface area contributed by atoms with Crippen molar-refractivity contribution in [3.8, 4) is 11.5 Å². The first-order valence-corrected chi connectivity index (χ1v) is 9.78. The fourth-order valence-electron chi connectivity index (χ4n) is 3.93. The first-order chi connectivity index (χ1) is 14.6. The molecule has 2 amide bonds. The fraction of sp³-hybridized carbons (Fsp3) is 0.364. The topological polar surface area (TPSA) is 77.1 Å². The Kier molecular flexibility index (Phi) is 5.85. The van der Waals surface area contributed by atoms with Crippen molar-refractivity contribution in [2.75, 3.05) is 40.1 Å². The normalized spacial score (nSPS) is 19.7. The zero-order chi connectivity index (χ0) is 21.1. The fourth-order valence-corrected chi connectivity index (χ4v) is 3.93. The zero-order valence-corrected chi connectivity index (χ0v) is 16.6. The van der Waals surface area contributed by atoms with Gasteiger partial charge in [-0.3, -0.25) is 9.59 Å². The van der Waals surface area contributed by atoms with Crippen LogP contribution in [0.15, 0.2) is 42.5 Å². The molecule has 158 valence electrons. The van der Waals surface area contributed by atoms with Gasteiger partial charge >= 0.3 is 0 Å². The summed E-state index contributed by atoms with van der Waals surface area (Å²) >= 11 is 0. The van der Waals surface area contributed by atoms with Crippen LogP contribution in [-0.4, -0.2) is 56.9 Å². The lowest BCUT2D eigenvalue weighted by Crippen LogP contribution is -2.37. The molecule has 0 bridgehead atoms. The molecule has 2 aliphatic rings. The summed E-state index contributed by atoms with van der Waals surface area (Å²) in [6.45, 7) is 1.45. The summed E-state index contributed by atoms with van der Waals surface area (Å²) in [5.74, 6) is -0.421. The number of carbonyl (C=O) groups is 2. The van der Waals surface area contributed by atoms with Crippen molar-refractivity contribution < 1.29 is 28.2 Å². The third-order valence-corrected chi connectivity index (χ3v) is 5.45. The van der Waals surface area contributed by atoms with E-state index in [4.69, 9.17) is 14.2 Å². The van der Waals surface area contributed by atoms with Crippen LogP contribution in [0.5, 0.6) is 11.5 Å². The molecular formula is C22H23FN2O5. The molecule has 7 nitrogen and oxygen atoms in total. The Morgan fingerprint density at radius 3 is 2.80 bits per heavy atom. The minimum atomic E-state index is -0.485. The quantitative estimate of drug-likeness (QED) is 0.734. The van der Waals surface area contributed by atoms with Gasteiger partial charge in [-0.2, -0.15) is 0 Å². The van der Waals surface area contributed by atoms with Gasteiger partial charge in [0.05, 0.1) is 12.5 Å². The van der Waals surface area contributed by atoms with Crippen molar-refractivity contribution in [3.63, 3.8) is 0 Å². The maximum atomic E-state index is 13.8. The smallest absolute Gasteiger partial charge is 0.254 e. The lowest BCUT2D eigenvalue weighted by atomic mass is 9.88. The molecule has 4 rings (SSSR count). The van der Waals surface area contributed by atoms with E-state index in [1.165, 1.54) is 12.1 Å². The van der Waals surface area contributed by atoms with E-state index >= 15 is 0 Å². The number of hydrogen-bond acceptors (Lipinski definition) is 5. The highest BCUT2D eigenvalue weighted by atomic mass is 19.1. The molecule has 0 spiro atoms. The molecule has 0 radical (unpaired) electrons. The van der Waals surface area contributed by atoms with Crippen LogP contribution < -0.4 is 14.8 Å². The molecule has 1 N–H and O–H groups in total. The van der Waals surface area contributed by atoms with E-state index in [0.29, 0.717) is 42.3 Å². The average molecular weight is 414 g/mol. The van der Waals surface area contributed by atoms with Gasteiger partial charge in [-0.25, -0.2) is 4.39 Å². The molecule has 0 aromatic heterocycles. The average Bonchev–Trinajstić information content (AvgIpc) is 3.40. The summed E-state index contributed by atoms with van der Waals surface area (Å²) in [6, 6.07) is 11.2. The van der Waals surface area contributed by atoms with E-state index in [1.807, 2.05) is 0 Å². The van der Waals surface area contributed by atoms with Gasteiger partial charge < -0.3 is 24.4 Å². The molecule has 0 saturated carbocycles. The van der Waals surface area contributed by atoms with Gasteiger partial charge in [0.15, 0.2) is 11.5 Å². The molecule has 1 fully saturated rings. The largest absolute Gasteiger partial charge is 0.454 e. The number of nitrogens with one attached hydrogen (secondary N) is 1. The van der Waals surface area contributed by atoms with Gasteiger partial charge in [0.25, 0.3) is 5.91 Å². The van der Waals surface area contributed by atoms with E-state index in [2.05, 4.69) is 5.32 Å². The summed E-state index contributed by atoms with van der Waals surface area (Å²) in [7, 11) is 1.56. The number of rotatable bonds is 6. The first kappa shape index (κ1) is 20.2. The van der Waals surface area contributed by atoms with Crippen molar-refractivity contribution in [2.45, 2.75) is 5.92 Å². The van der Waals surface area contributed by atoms with Crippen molar-refractivity contribution in [1.82, 2.24) is 10.2 Å². The monoisotopic (exact) mass is 414 g/mol. The van der Waals surface area contributed by atoms with Crippen LogP contribution in [0, 0.1) is 11.7 Å². The van der Waals surface area contributed by atoms with Crippen LogP contribution >= 0.6 is 0 Å². The summed E-state index contributed by atoms with van der Waals surface area (Å²) < 4.78 is 29.5. The molecule has 30 heavy (non-hydrogen) atoms. The molecule has 2 atom stereocenters. The SMILES string of the molecule is COCCNC(=O)C1CN(C(=O)c2ccc3c(c2)OCO3)CC1c1cccc(F)c1. The summed E-state index contributed by atoms with van der Waals surface area (Å²) in [5.41, 5.74) is 1.15. The van der Waals surface area contributed by atoms with E-state index in [0.717, 1.165) is 0 Å². The molecule has 8 heteroatoms. The number of benzene rings is 2. The van der Waals surface area contributed by atoms with Crippen LogP contribution in [0.4, 0.5) is 4.39 Å². The van der Waals surface area contributed by atoms with Crippen molar-refractivity contribution in [2.24, 2.45) is 5.92 Å². The Labute approximate surface area is 173 Å². The minimum Gasteiger partial charge on any atom is -0.454 e. The van der Waals surface area contributed by atoms with Crippen molar-refractivity contribution in [1.29, 1.82) is 0 Å². The zero-order valence-electron chi connectivity index (χ0n) is 16.6. The van der Waals surface area contributed by atoms with Gasteiger partial charge in [-0.15, -0.1) is 0 Å². The molecular weight excluding hydrogens is 391 g/mol. The summed E-state index contributed by atoms with van der Waals surface area (Å²) in [5, 5.41) is 2.84. The van der Waals surface area contributed by atoms with E-state index in [-0.39, 0.29) is 36.9 Å². The third-order valence-electron chi connectivity index (χ3n) is 5.45. The van der Waals surface area contributed by atoms with Crippen LogP contribution in [-0.2, 0) is 9.53 Å². The number of ether oxygens (including phenoxy) is 3. The number of likely N-dealkylation sites (tertiary alicyclic amines) is 1. The molecule has 1 saturated heterocycles. The van der Waals surface area contributed by atoms with E-state index < -0.39 is 5.92 Å². The highest BCUT2D eigenvalue weighted by Crippen LogP contribution is 2.36. The standard InChI is InChI=1S/C22H23FN2O5/c1-28-8-7-24-21(26)18-12-25(11-17(18)14-3-2-4-16(23)9-14)22(27)15-5-6-19-20(10-15)30-13-29-19/h2-6,9-10,17-18H,7-8,11-13H2,1H3,(H,24,26). The number of methoxy groups -OCH3 is 1. The lowest BCUT2D eigenvalue weighted by Gasteiger charge is -2.18. The second kappa shape index (κ2) is 8.71. The summed E-state index contributed by atoms with van der Waals surface area (Å²) in [4.78, 5) is 27.6. The molecule has 2 unspecified atom stereocenters. The van der Waals surface area contributed by atoms with E-state index in [9.17, 15) is 14.0 Å². The second-order valence-electron chi connectivity index (χ2n) is 7.33. The maximum absolute atomic E-state index is 13.8. The molecule has 2 aromatic carbocycles. The lowest BCUT2D eigenvalue weighted by molar-refractivity contribution is -0.125. The van der Waals surface area contributed by atoms with Crippen molar-refractivity contribution in [3.05, 3.63) is 59.4 Å². The highest BCUT2D eigenvalue weighted by Gasteiger charge is 2.40. The number of nitrogens with zero attached hydrogens (tertiary/aromatic N) is 1. The predicted molar refractivity (Wildman–Crippen MR) is 106 cm³/mol. The van der Waals surface area contributed by atoms with Crippen LogP contribution in [0.25, 0.3) is 0 Å². The minimum absolute atomic E-state index is 0.127. The van der Waals surface area contributed by atoms with Crippen LogP contribution in [0.2, 0.25) is 0 Å². The number of hydrogen-bond donors (Lipinski definition) is 1. The third kappa shape index (κ3) is 4.09. The Morgan fingerprint density at radius 1 is 1.17 bits per heavy atom. The number of fused-ring (bicyclic) bond motifs is 1. The number of halogens is 1. The van der Waals surface area contributed by atoms with Crippen LogP contribution in [0.3, 0.4) is 0 Å². The van der Waals surface area contributed by atoms with Gasteiger partial charge in [-0.1, -0.05) is 12.1 Å². The van der Waals surface area contributed by atoms with Crippen LogP contribution in [0.1, 0.15) is 21.8 Å². The maximum Gasteiger partial charge on any atom is 0.254 e. The highest BCUT2D eigenvalue weighted by molar-refractivity contribution is 5.96. The predicted octanol–water partition coefficient (Wildman–Crippen LogP) is 2.17. The van der Waals surface area contributed by atoms with Gasteiger partial charge in [0, 0.05) is 38.2 Å². The van der Waals surface area contributed by atoms with Gasteiger partial charge in [0.1, 0.15) is 5.82 Å². The van der Waals surface area contributed by atoms with Gasteiger partial charge in [-0.05, 0) is 35.9 Å². The second-order valence-corrected chi connectivity index (χ2v) is 7.33. The number of amides is 2. The Balaban J connectivity index is 1.56. The number of carbonyl (C=O) groups excluding carboxylic acids is 2.